The number of nitrogens with two attached hydrogens (primary N) is 2. The van der Waals surface area contributed by atoms with E-state index in [0.29, 0.717) is 11.3 Å². The van der Waals surface area contributed by atoms with E-state index < -0.39 is 17.9 Å². The molecule has 1 atom stereocenters. The van der Waals surface area contributed by atoms with Crippen LogP contribution in [0.3, 0.4) is 0 Å². The largest absolute Gasteiger partial charge is 0.480 e. The minimum absolute atomic E-state index is 0.0244. The molecule has 1 aromatic carbocycles. The van der Waals surface area contributed by atoms with Crippen LogP contribution in [-0.2, 0) is 16.2 Å². The topological polar surface area (TPSA) is 130 Å². The van der Waals surface area contributed by atoms with Crippen LogP contribution in [-0.4, -0.2) is 28.1 Å². The first-order valence-electron chi connectivity index (χ1n) is 5.71. The van der Waals surface area contributed by atoms with Gasteiger partial charge >= 0.3 is 5.97 Å². The molecular weight excluding hydrogens is 250 g/mol. The van der Waals surface area contributed by atoms with Crippen molar-refractivity contribution in [1.29, 1.82) is 0 Å². The van der Waals surface area contributed by atoms with E-state index in [0.717, 1.165) is 5.01 Å². The van der Waals surface area contributed by atoms with Crippen LogP contribution in [0.15, 0.2) is 24.3 Å². The molecule has 0 bridgehead atoms. The number of aliphatic hydroxyl groups excluding tert-OH is 1. The van der Waals surface area contributed by atoms with Crippen molar-refractivity contribution in [1.82, 2.24) is 0 Å². The highest BCUT2D eigenvalue weighted by Crippen LogP contribution is 2.14. The number of carboxylic acids is 1. The Morgan fingerprint density at radius 2 is 1.84 bits per heavy atom. The van der Waals surface area contributed by atoms with Crippen LogP contribution >= 0.6 is 0 Å². The zero-order valence-electron chi connectivity index (χ0n) is 10.3. The van der Waals surface area contributed by atoms with Crippen molar-refractivity contribution in [3.05, 3.63) is 29.8 Å². The second-order valence-corrected chi connectivity index (χ2v) is 4.07. The van der Waals surface area contributed by atoms with Gasteiger partial charge in [0.25, 0.3) is 0 Å². The molecule has 6 N–H and O–H groups in total. The van der Waals surface area contributed by atoms with Crippen LogP contribution in [0.2, 0.25) is 0 Å². The number of amides is 1. The van der Waals surface area contributed by atoms with Gasteiger partial charge in [0.15, 0.2) is 0 Å². The Hall–Kier alpha value is -1.96. The number of carboxylic acid groups (broad SMARTS) is 1. The first-order valence-corrected chi connectivity index (χ1v) is 5.71. The number of anilines is 1. The number of nitrogens with zero attached hydrogens (tertiary/aromatic N) is 1. The van der Waals surface area contributed by atoms with E-state index in [1.807, 2.05) is 0 Å². The second-order valence-electron chi connectivity index (χ2n) is 4.07. The predicted octanol–water partition coefficient (Wildman–Crippen LogP) is -0.422. The normalized spacial score (nSPS) is 11.9. The molecule has 0 fully saturated rings. The third-order valence-corrected chi connectivity index (χ3v) is 2.65. The van der Waals surface area contributed by atoms with E-state index >= 15 is 0 Å². The Morgan fingerprint density at radius 1 is 1.26 bits per heavy atom. The van der Waals surface area contributed by atoms with Gasteiger partial charge in [-0.15, -0.1) is 0 Å². The molecule has 104 valence electrons. The highest BCUT2D eigenvalue weighted by molar-refractivity contribution is 5.92. The van der Waals surface area contributed by atoms with Crippen molar-refractivity contribution in [3.8, 4) is 0 Å². The molecular formula is C12H17N3O4. The number of carbonyl (C=O) groups is 2. The van der Waals surface area contributed by atoms with E-state index in [4.69, 9.17) is 21.8 Å². The minimum atomic E-state index is -1.15. The lowest BCUT2D eigenvalue weighted by atomic mass is 10.1. The zero-order chi connectivity index (χ0) is 14.4. The quantitative estimate of drug-likeness (QED) is 0.314. The number of aliphatic carboxylic acids is 1. The van der Waals surface area contributed by atoms with E-state index in [1.165, 1.54) is 0 Å². The number of carbonyl (C=O) groups excluding carboxylic acids is 1. The lowest BCUT2D eigenvalue weighted by molar-refractivity contribution is -0.138. The molecule has 19 heavy (non-hydrogen) atoms. The summed E-state index contributed by atoms with van der Waals surface area (Å²) in [7, 11) is 0. The first-order chi connectivity index (χ1) is 8.95. The van der Waals surface area contributed by atoms with E-state index in [2.05, 4.69) is 0 Å². The standard InChI is InChI=1S/C12H17N3O4/c13-10(12(18)19)5-6-11(17)15(14)9-3-1-8(7-16)2-4-9/h1-4,10,16H,5-7,13-14H2,(H,18,19)/t10-/m0/s1. The average Bonchev–Trinajstić information content (AvgIpc) is 2.43. The van der Waals surface area contributed by atoms with Crippen molar-refractivity contribution >= 4 is 17.6 Å². The Labute approximate surface area is 110 Å². The number of hydrogen-bond acceptors (Lipinski definition) is 5. The van der Waals surface area contributed by atoms with Crippen molar-refractivity contribution in [2.45, 2.75) is 25.5 Å². The molecule has 0 aliphatic carbocycles. The zero-order valence-corrected chi connectivity index (χ0v) is 10.3. The monoisotopic (exact) mass is 267 g/mol. The molecule has 7 heteroatoms. The molecule has 0 heterocycles. The van der Waals surface area contributed by atoms with Crippen molar-refractivity contribution in [3.63, 3.8) is 0 Å². The molecule has 0 radical (unpaired) electrons. The summed E-state index contributed by atoms with van der Waals surface area (Å²) in [6.07, 6.45) is -0.0255. The molecule has 1 aromatic rings. The Morgan fingerprint density at radius 3 is 2.32 bits per heavy atom. The molecule has 1 amide bonds. The lowest BCUT2D eigenvalue weighted by Gasteiger charge is -2.17. The van der Waals surface area contributed by atoms with Crippen LogP contribution in [0.4, 0.5) is 5.69 Å². The van der Waals surface area contributed by atoms with E-state index in [9.17, 15) is 9.59 Å². The summed E-state index contributed by atoms with van der Waals surface area (Å²) in [5.41, 5.74) is 6.47. The van der Waals surface area contributed by atoms with E-state index in [-0.39, 0.29) is 19.4 Å². The summed E-state index contributed by atoms with van der Waals surface area (Å²) in [5.74, 6) is 4.05. The van der Waals surface area contributed by atoms with Gasteiger partial charge in [0.05, 0.1) is 12.3 Å². The number of aliphatic hydroxyl groups is 1. The van der Waals surface area contributed by atoms with Crippen LogP contribution in [0, 0.1) is 0 Å². The van der Waals surface area contributed by atoms with Gasteiger partial charge in [0.2, 0.25) is 5.91 Å². The van der Waals surface area contributed by atoms with Gasteiger partial charge in [-0.25, -0.2) is 10.9 Å². The summed E-state index contributed by atoms with van der Waals surface area (Å²) >= 11 is 0. The number of hydrazine groups is 1. The Kier molecular flexibility index (Phi) is 5.43. The van der Waals surface area contributed by atoms with Crippen LogP contribution in [0.25, 0.3) is 0 Å². The van der Waals surface area contributed by atoms with Crippen molar-refractivity contribution in [2.75, 3.05) is 5.01 Å². The average molecular weight is 267 g/mol. The molecule has 0 aliphatic heterocycles. The first kappa shape index (κ1) is 15.1. The van der Waals surface area contributed by atoms with Gasteiger partial charge in [-0.1, -0.05) is 12.1 Å². The number of benzene rings is 1. The molecule has 0 saturated heterocycles. The maximum absolute atomic E-state index is 11.7. The highest BCUT2D eigenvalue weighted by Gasteiger charge is 2.17. The Bertz CT molecular complexity index is 447. The maximum atomic E-state index is 11.7. The van der Waals surface area contributed by atoms with Gasteiger partial charge in [-0.3, -0.25) is 9.59 Å². The second kappa shape index (κ2) is 6.83. The number of rotatable bonds is 6. The smallest absolute Gasteiger partial charge is 0.320 e. The highest BCUT2D eigenvalue weighted by atomic mass is 16.4. The van der Waals surface area contributed by atoms with Crippen molar-refractivity contribution < 1.29 is 19.8 Å². The lowest BCUT2D eigenvalue weighted by Crippen LogP contribution is -2.39. The summed E-state index contributed by atoms with van der Waals surface area (Å²) in [5, 5.41) is 18.4. The van der Waals surface area contributed by atoms with E-state index in [1.54, 1.807) is 24.3 Å². The van der Waals surface area contributed by atoms with Gasteiger partial charge in [0, 0.05) is 6.42 Å². The minimum Gasteiger partial charge on any atom is -0.480 e. The summed E-state index contributed by atoms with van der Waals surface area (Å²) in [6, 6.07) is 5.41. The fraction of sp³-hybridized carbons (Fsp3) is 0.333. The van der Waals surface area contributed by atoms with Crippen LogP contribution in [0.5, 0.6) is 0 Å². The van der Waals surface area contributed by atoms with Crippen LogP contribution in [0.1, 0.15) is 18.4 Å². The SMILES string of the molecule is N[C@@H](CCC(=O)N(N)c1ccc(CO)cc1)C(=O)O. The molecule has 0 unspecified atom stereocenters. The summed E-state index contributed by atoms with van der Waals surface area (Å²) in [4.78, 5) is 22.2. The maximum Gasteiger partial charge on any atom is 0.320 e. The summed E-state index contributed by atoms with van der Waals surface area (Å²) in [6.45, 7) is -0.0910. The fourth-order valence-electron chi connectivity index (χ4n) is 1.43. The predicted molar refractivity (Wildman–Crippen MR) is 68.9 cm³/mol. The van der Waals surface area contributed by atoms with Gasteiger partial charge in [-0.05, 0) is 24.1 Å². The van der Waals surface area contributed by atoms with Gasteiger partial charge in [-0.2, -0.15) is 0 Å². The molecule has 1 rings (SSSR count). The van der Waals surface area contributed by atoms with Gasteiger partial charge in [0.1, 0.15) is 6.04 Å². The molecule has 0 aliphatic rings. The van der Waals surface area contributed by atoms with Crippen LogP contribution < -0.4 is 16.6 Å². The molecule has 0 aromatic heterocycles. The number of hydrogen-bond donors (Lipinski definition) is 4. The van der Waals surface area contributed by atoms with Gasteiger partial charge < -0.3 is 15.9 Å². The molecule has 7 nitrogen and oxygen atoms in total. The molecule has 0 spiro atoms. The summed E-state index contributed by atoms with van der Waals surface area (Å²) < 4.78 is 0. The Balaban J connectivity index is 2.58. The fourth-order valence-corrected chi connectivity index (χ4v) is 1.43. The third kappa shape index (κ3) is 4.32. The molecule has 0 saturated carbocycles. The third-order valence-electron chi connectivity index (χ3n) is 2.65. The van der Waals surface area contributed by atoms with Crippen molar-refractivity contribution in [2.24, 2.45) is 11.6 Å².